The van der Waals surface area contributed by atoms with Gasteiger partial charge in [-0.15, -0.1) is 5.10 Å². The predicted octanol–water partition coefficient (Wildman–Crippen LogP) is 2.91. The highest BCUT2D eigenvalue weighted by atomic mass is 32.2. The number of aryl methyl sites for hydroxylation is 1. The van der Waals surface area contributed by atoms with Gasteiger partial charge in [0.25, 0.3) is 10.0 Å². The lowest BCUT2D eigenvalue weighted by Crippen LogP contribution is -2.35. The molecule has 166 valence electrons. The molecule has 0 saturated heterocycles. The lowest BCUT2D eigenvalue weighted by atomic mass is 9.94. The van der Waals surface area contributed by atoms with Crippen molar-refractivity contribution < 1.29 is 13.2 Å². The van der Waals surface area contributed by atoms with E-state index >= 15 is 0 Å². The van der Waals surface area contributed by atoms with Gasteiger partial charge >= 0.3 is 6.03 Å². The summed E-state index contributed by atoms with van der Waals surface area (Å²) in [5, 5.41) is 9.86. The van der Waals surface area contributed by atoms with Gasteiger partial charge in [0, 0.05) is 38.1 Å². The molecule has 0 fully saturated rings. The number of nitrogens with one attached hydrogen (secondary N) is 2. The number of anilines is 2. The molecule has 2 amide bonds. The fraction of sp³-hybridized carbons (Fsp3) is 0.273. The molecule has 10 heteroatoms. The number of benzene rings is 1. The molecule has 3 aromatic rings. The van der Waals surface area contributed by atoms with E-state index in [2.05, 4.69) is 32.1 Å². The molecule has 2 aromatic heterocycles. The molecule has 9 nitrogen and oxygen atoms in total. The molecule has 32 heavy (non-hydrogen) atoms. The first-order chi connectivity index (χ1) is 15.3. The molecule has 0 radical (unpaired) electrons. The highest BCUT2D eigenvalue weighted by Crippen LogP contribution is 2.39. The maximum absolute atomic E-state index is 12.8. The van der Waals surface area contributed by atoms with Gasteiger partial charge in [0.1, 0.15) is 0 Å². The van der Waals surface area contributed by atoms with Crippen LogP contribution in [0.3, 0.4) is 0 Å². The van der Waals surface area contributed by atoms with Gasteiger partial charge in [0.05, 0.1) is 17.6 Å². The highest BCUT2D eigenvalue weighted by molar-refractivity contribution is 7.90. The summed E-state index contributed by atoms with van der Waals surface area (Å²) in [6, 6.07) is 6.25. The zero-order chi connectivity index (χ0) is 22.9. The molecular weight excluding hydrogens is 428 g/mol. The van der Waals surface area contributed by atoms with Crippen LogP contribution in [0.1, 0.15) is 23.1 Å². The number of sulfonamides is 1. The van der Waals surface area contributed by atoms with E-state index in [0.717, 1.165) is 41.5 Å². The summed E-state index contributed by atoms with van der Waals surface area (Å²) in [6.07, 6.45) is 7.53. The molecule has 2 heterocycles. The van der Waals surface area contributed by atoms with Crippen LogP contribution in [0.2, 0.25) is 0 Å². The van der Waals surface area contributed by atoms with Crippen molar-refractivity contribution >= 4 is 27.4 Å². The third-order valence-electron chi connectivity index (χ3n) is 5.49. The van der Waals surface area contributed by atoms with Crippen molar-refractivity contribution in [3.05, 3.63) is 59.5 Å². The molecule has 0 bridgehead atoms. The Morgan fingerprint density at radius 1 is 1.09 bits per heavy atom. The molecule has 1 aliphatic carbocycles. The standard InChI is InChI=1S/C22H24N6O3S/c1-14-11-19(15-7-9-23-10-8-15)21(18-6-4-5-17(14)18)25-22(29)27-32(30,31)20-12-16(28(2)3)13-24-26-20/h7-13H,4-6H2,1-3H3,(H2,25,27,29). The first-order valence-electron chi connectivity index (χ1n) is 10.2. The van der Waals surface area contributed by atoms with Crippen molar-refractivity contribution in [2.24, 2.45) is 0 Å². The van der Waals surface area contributed by atoms with Crippen LogP contribution in [-0.4, -0.2) is 43.7 Å². The zero-order valence-electron chi connectivity index (χ0n) is 18.1. The number of hydrogen-bond donors (Lipinski definition) is 2. The third-order valence-corrected chi connectivity index (χ3v) is 6.70. The number of nitrogens with zero attached hydrogens (tertiary/aromatic N) is 4. The van der Waals surface area contributed by atoms with Crippen molar-refractivity contribution in [1.82, 2.24) is 19.9 Å². The maximum Gasteiger partial charge on any atom is 0.333 e. The summed E-state index contributed by atoms with van der Waals surface area (Å²) >= 11 is 0. The molecule has 0 saturated carbocycles. The second-order valence-corrected chi connectivity index (χ2v) is 9.50. The van der Waals surface area contributed by atoms with Crippen LogP contribution >= 0.6 is 0 Å². The molecule has 0 unspecified atom stereocenters. The van der Waals surface area contributed by atoms with Crippen LogP contribution in [0.5, 0.6) is 0 Å². The summed E-state index contributed by atoms with van der Waals surface area (Å²) < 4.78 is 27.6. The normalized spacial score (nSPS) is 12.8. The van der Waals surface area contributed by atoms with Crippen LogP contribution in [-0.2, 0) is 22.9 Å². The van der Waals surface area contributed by atoms with Crippen molar-refractivity contribution in [2.75, 3.05) is 24.3 Å². The molecular formula is C22H24N6O3S. The van der Waals surface area contributed by atoms with Crippen LogP contribution < -0.4 is 14.9 Å². The third kappa shape index (κ3) is 4.26. The van der Waals surface area contributed by atoms with Crippen molar-refractivity contribution in [3.63, 3.8) is 0 Å². The van der Waals surface area contributed by atoms with E-state index in [1.807, 2.05) is 18.2 Å². The van der Waals surface area contributed by atoms with Gasteiger partial charge in [0.15, 0.2) is 5.03 Å². The zero-order valence-corrected chi connectivity index (χ0v) is 18.9. The number of carbonyl (C=O) groups is 1. The first-order valence-corrected chi connectivity index (χ1v) is 11.6. The number of hydrogen-bond acceptors (Lipinski definition) is 7. The molecule has 2 N–H and O–H groups in total. The Morgan fingerprint density at radius 3 is 2.53 bits per heavy atom. The van der Waals surface area contributed by atoms with Crippen LogP contribution in [0.25, 0.3) is 11.1 Å². The van der Waals surface area contributed by atoms with Gasteiger partial charge in [-0.25, -0.2) is 9.52 Å². The number of carbonyl (C=O) groups excluding carboxylic acids is 1. The number of fused-ring (bicyclic) bond motifs is 1. The van der Waals surface area contributed by atoms with Crippen LogP contribution in [0.15, 0.2) is 47.9 Å². The summed E-state index contributed by atoms with van der Waals surface area (Å²) in [7, 11) is -0.695. The van der Waals surface area contributed by atoms with Crippen molar-refractivity contribution in [3.8, 4) is 11.1 Å². The van der Waals surface area contributed by atoms with E-state index < -0.39 is 16.1 Å². The molecule has 4 rings (SSSR count). The summed E-state index contributed by atoms with van der Waals surface area (Å²) in [4.78, 5) is 18.6. The van der Waals surface area contributed by atoms with Gasteiger partial charge in [-0.3, -0.25) is 4.98 Å². The largest absolute Gasteiger partial charge is 0.376 e. The van der Waals surface area contributed by atoms with Crippen molar-refractivity contribution in [1.29, 1.82) is 0 Å². The average molecular weight is 453 g/mol. The number of pyridine rings is 1. The second-order valence-electron chi connectivity index (χ2n) is 7.87. The topological polar surface area (TPSA) is 117 Å². The first kappa shape index (κ1) is 21.7. The smallest absolute Gasteiger partial charge is 0.333 e. The number of amides is 2. The van der Waals surface area contributed by atoms with Gasteiger partial charge in [-0.05, 0) is 66.6 Å². The van der Waals surface area contributed by atoms with Gasteiger partial charge in [-0.2, -0.15) is 13.5 Å². The summed E-state index contributed by atoms with van der Waals surface area (Å²) in [5.74, 6) is 0. The van der Waals surface area contributed by atoms with Gasteiger partial charge in [0.2, 0.25) is 0 Å². The average Bonchev–Trinajstić information content (AvgIpc) is 3.27. The van der Waals surface area contributed by atoms with E-state index in [4.69, 9.17) is 0 Å². The Morgan fingerprint density at radius 2 is 1.81 bits per heavy atom. The van der Waals surface area contributed by atoms with E-state index in [1.165, 1.54) is 17.8 Å². The SMILES string of the molecule is Cc1cc(-c2ccncc2)c(NC(=O)NS(=O)(=O)c2cc(N(C)C)cnn2)c2c1CCC2. The Kier molecular flexibility index (Phi) is 5.79. The minimum absolute atomic E-state index is 0.331. The minimum atomic E-state index is -4.21. The second kappa shape index (κ2) is 8.54. The Hall–Kier alpha value is -3.53. The number of urea groups is 1. The Bertz CT molecular complexity index is 1280. The lowest BCUT2D eigenvalue weighted by molar-refractivity contribution is 0.256. The predicted molar refractivity (Wildman–Crippen MR) is 122 cm³/mol. The van der Waals surface area contributed by atoms with Crippen molar-refractivity contribution in [2.45, 2.75) is 31.2 Å². The van der Waals surface area contributed by atoms with E-state index in [1.54, 1.807) is 31.4 Å². The van der Waals surface area contributed by atoms with E-state index in [9.17, 15) is 13.2 Å². The van der Waals surface area contributed by atoms with E-state index in [-0.39, 0.29) is 5.03 Å². The fourth-order valence-corrected chi connectivity index (χ4v) is 4.75. The molecule has 0 atom stereocenters. The Labute approximate surface area is 187 Å². The highest BCUT2D eigenvalue weighted by Gasteiger charge is 2.25. The van der Waals surface area contributed by atoms with Crippen LogP contribution in [0, 0.1) is 6.92 Å². The lowest BCUT2D eigenvalue weighted by Gasteiger charge is -2.18. The summed E-state index contributed by atoms with van der Waals surface area (Å²) in [5.41, 5.74) is 6.28. The fourth-order valence-electron chi connectivity index (χ4n) is 3.92. The molecule has 1 aliphatic rings. The van der Waals surface area contributed by atoms with Gasteiger partial charge < -0.3 is 10.2 Å². The molecule has 0 spiro atoms. The van der Waals surface area contributed by atoms with Crippen LogP contribution in [0.4, 0.5) is 16.2 Å². The number of rotatable bonds is 5. The molecule has 1 aromatic carbocycles. The minimum Gasteiger partial charge on any atom is -0.376 e. The van der Waals surface area contributed by atoms with E-state index in [0.29, 0.717) is 11.4 Å². The monoisotopic (exact) mass is 452 g/mol. The quantitative estimate of drug-likeness (QED) is 0.611. The number of aromatic nitrogens is 3. The van der Waals surface area contributed by atoms with Gasteiger partial charge in [-0.1, -0.05) is 0 Å². The molecule has 0 aliphatic heterocycles. The maximum atomic E-state index is 12.8. The Balaban J connectivity index is 1.67. The summed E-state index contributed by atoms with van der Waals surface area (Å²) in [6.45, 7) is 2.06.